The first kappa shape index (κ1) is 21.1. The van der Waals surface area contributed by atoms with Gasteiger partial charge in [-0.05, 0) is 50.8 Å². The van der Waals surface area contributed by atoms with Crippen LogP contribution in [0.3, 0.4) is 0 Å². The Morgan fingerprint density at radius 2 is 1.78 bits per heavy atom. The van der Waals surface area contributed by atoms with Crippen molar-refractivity contribution in [2.24, 2.45) is 11.1 Å². The summed E-state index contributed by atoms with van der Waals surface area (Å²) in [6, 6.07) is 5.98. The molecule has 1 aromatic carbocycles. The minimum Gasteiger partial charge on any atom is -0.487 e. The maximum Gasteiger partial charge on any atom is 0.310 e. The van der Waals surface area contributed by atoms with Gasteiger partial charge in [0.25, 0.3) is 0 Å². The summed E-state index contributed by atoms with van der Waals surface area (Å²) in [7, 11) is -3.78. The van der Waals surface area contributed by atoms with E-state index in [1.165, 1.54) is 16.8 Å². The molecule has 1 aromatic heterocycles. The molecule has 0 spiro atoms. The number of hydrogen-bond donors (Lipinski definition) is 1. The summed E-state index contributed by atoms with van der Waals surface area (Å²) < 4.78 is 30.1. The van der Waals surface area contributed by atoms with E-state index in [0.29, 0.717) is 23.7 Å². The molecule has 1 heterocycles. The van der Waals surface area contributed by atoms with E-state index in [1.54, 1.807) is 18.3 Å². The minimum atomic E-state index is -3.78. The van der Waals surface area contributed by atoms with E-state index in [-0.39, 0.29) is 16.2 Å². The number of ether oxygens (including phenoxy) is 1. The van der Waals surface area contributed by atoms with E-state index in [0.717, 1.165) is 6.42 Å². The summed E-state index contributed by atoms with van der Waals surface area (Å²) in [6.45, 7) is 10.2. The smallest absolute Gasteiger partial charge is 0.310 e. The van der Waals surface area contributed by atoms with Gasteiger partial charge in [0.05, 0.1) is 23.2 Å². The Bertz CT molecular complexity index is 956. The molecular formula is C19H27N3O4S. The van der Waals surface area contributed by atoms with Crippen molar-refractivity contribution in [3.8, 4) is 16.9 Å². The molecule has 2 aromatic rings. The van der Waals surface area contributed by atoms with Crippen LogP contribution in [0.1, 0.15) is 41.0 Å². The molecule has 0 bridgehead atoms. The van der Waals surface area contributed by atoms with Crippen LogP contribution in [0.5, 0.6) is 5.75 Å². The summed E-state index contributed by atoms with van der Waals surface area (Å²) in [6.07, 6.45) is 2.38. The highest BCUT2D eigenvalue weighted by Gasteiger charge is 2.22. The SMILES string of the molecule is CC(C)CCOc1c(-c2ccc(S(N)(=O)=O)cc2)cnn(C(C)(C)C)c1=O. The van der Waals surface area contributed by atoms with Gasteiger partial charge < -0.3 is 4.74 Å². The van der Waals surface area contributed by atoms with E-state index in [4.69, 9.17) is 9.88 Å². The second kappa shape index (κ2) is 7.82. The third-order valence-corrected chi connectivity index (χ3v) is 4.93. The molecule has 0 unspecified atom stereocenters. The second-order valence-corrected chi connectivity index (χ2v) is 9.44. The Hall–Kier alpha value is -2.19. The summed E-state index contributed by atoms with van der Waals surface area (Å²) in [5.41, 5.74) is 0.334. The molecule has 0 atom stereocenters. The Kier molecular flexibility index (Phi) is 6.11. The molecule has 0 radical (unpaired) electrons. The number of aromatic nitrogens is 2. The van der Waals surface area contributed by atoms with Crippen molar-refractivity contribution in [2.45, 2.75) is 51.5 Å². The number of hydrogen-bond acceptors (Lipinski definition) is 5. The minimum absolute atomic E-state index is 0.00418. The quantitative estimate of drug-likeness (QED) is 0.812. The largest absolute Gasteiger partial charge is 0.487 e. The molecule has 0 aliphatic carbocycles. The van der Waals surface area contributed by atoms with Gasteiger partial charge in [0.15, 0.2) is 5.75 Å². The Morgan fingerprint density at radius 3 is 2.26 bits per heavy atom. The summed E-state index contributed by atoms with van der Waals surface area (Å²) in [4.78, 5) is 13.0. The van der Waals surface area contributed by atoms with Gasteiger partial charge in [-0.25, -0.2) is 18.2 Å². The Balaban J connectivity index is 2.54. The fraction of sp³-hybridized carbons (Fsp3) is 0.474. The van der Waals surface area contributed by atoms with Gasteiger partial charge >= 0.3 is 5.56 Å². The molecule has 8 heteroatoms. The van der Waals surface area contributed by atoms with Crippen LogP contribution in [0.25, 0.3) is 11.1 Å². The third kappa shape index (κ3) is 5.17. The number of rotatable bonds is 6. The molecule has 0 fully saturated rings. The average Bonchev–Trinajstić information content (AvgIpc) is 2.54. The lowest BCUT2D eigenvalue weighted by atomic mass is 10.1. The lowest BCUT2D eigenvalue weighted by molar-refractivity contribution is 0.270. The van der Waals surface area contributed by atoms with Gasteiger partial charge in [-0.15, -0.1) is 0 Å². The molecule has 148 valence electrons. The maximum absolute atomic E-state index is 13.0. The van der Waals surface area contributed by atoms with Crippen LogP contribution in [-0.4, -0.2) is 24.8 Å². The number of primary sulfonamides is 1. The van der Waals surface area contributed by atoms with Crippen LogP contribution < -0.4 is 15.4 Å². The van der Waals surface area contributed by atoms with Crippen molar-refractivity contribution in [1.29, 1.82) is 0 Å². The fourth-order valence-electron chi connectivity index (χ4n) is 2.48. The van der Waals surface area contributed by atoms with Crippen molar-refractivity contribution in [2.75, 3.05) is 6.61 Å². The number of benzene rings is 1. The average molecular weight is 394 g/mol. The first-order chi connectivity index (χ1) is 12.4. The molecule has 0 aliphatic heterocycles. The Labute approximate surface area is 160 Å². The number of nitrogens with two attached hydrogens (primary N) is 1. The van der Waals surface area contributed by atoms with Crippen LogP contribution >= 0.6 is 0 Å². The second-order valence-electron chi connectivity index (χ2n) is 7.88. The first-order valence-corrected chi connectivity index (χ1v) is 10.3. The van der Waals surface area contributed by atoms with E-state index in [9.17, 15) is 13.2 Å². The van der Waals surface area contributed by atoms with E-state index in [1.807, 2.05) is 20.8 Å². The summed E-state index contributed by atoms with van der Waals surface area (Å²) in [5.74, 6) is 0.651. The zero-order valence-corrected chi connectivity index (χ0v) is 17.2. The summed E-state index contributed by atoms with van der Waals surface area (Å²) >= 11 is 0. The summed E-state index contributed by atoms with van der Waals surface area (Å²) in [5, 5.41) is 9.43. The lowest BCUT2D eigenvalue weighted by Gasteiger charge is -2.22. The van der Waals surface area contributed by atoms with Crippen LogP contribution in [0.15, 0.2) is 40.2 Å². The first-order valence-electron chi connectivity index (χ1n) is 8.80. The van der Waals surface area contributed by atoms with Crippen molar-refractivity contribution >= 4 is 10.0 Å². The third-order valence-electron chi connectivity index (χ3n) is 4.00. The highest BCUT2D eigenvalue weighted by atomic mass is 32.2. The van der Waals surface area contributed by atoms with E-state index in [2.05, 4.69) is 18.9 Å². The fourth-order valence-corrected chi connectivity index (χ4v) is 3.00. The molecular weight excluding hydrogens is 366 g/mol. The number of sulfonamides is 1. The van der Waals surface area contributed by atoms with E-state index < -0.39 is 15.6 Å². The van der Waals surface area contributed by atoms with Gasteiger partial charge in [0.1, 0.15) is 0 Å². The zero-order valence-electron chi connectivity index (χ0n) is 16.4. The van der Waals surface area contributed by atoms with Gasteiger partial charge in [0.2, 0.25) is 10.0 Å². The Morgan fingerprint density at radius 1 is 1.19 bits per heavy atom. The van der Waals surface area contributed by atoms with Crippen molar-refractivity contribution in [3.63, 3.8) is 0 Å². The van der Waals surface area contributed by atoms with Crippen molar-refractivity contribution < 1.29 is 13.2 Å². The molecule has 2 rings (SSSR count). The number of nitrogens with zero attached hydrogens (tertiary/aromatic N) is 2. The van der Waals surface area contributed by atoms with Crippen LogP contribution in [-0.2, 0) is 15.6 Å². The zero-order chi connectivity index (χ0) is 20.4. The van der Waals surface area contributed by atoms with Gasteiger partial charge in [-0.2, -0.15) is 5.10 Å². The van der Waals surface area contributed by atoms with Crippen molar-refractivity contribution in [3.05, 3.63) is 40.8 Å². The standard InChI is InChI=1S/C19H27N3O4S/c1-13(2)10-11-26-17-16(12-21-22(18(17)23)19(3,4)5)14-6-8-15(9-7-14)27(20,24)25/h6-9,12-13H,10-11H2,1-5H3,(H2,20,24,25). The normalized spacial score (nSPS) is 12.4. The molecule has 0 aliphatic rings. The van der Waals surface area contributed by atoms with Gasteiger partial charge in [0, 0.05) is 5.56 Å². The monoisotopic (exact) mass is 393 g/mol. The predicted octanol–water partition coefficient (Wildman–Crippen LogP) is 2.74. The molecule has 27 heavy (non-hydrogen) atoms. The molecule has 0 amide bonds. The molecule has 0 saturated heterocycles. The predicted molar refractivity (Wildman–Crippen MR) is 105 cm³/mol. The highest BCUT2D eigenvalue weighted by molar-refractivity contribution is 7.89. The molecule has 7 nitrogen and oxygen atoms in total. The van der Waals surface area contributed by atoms with Crippen LogP contribution in [0.2, 0.25) is 0 Å². The maximum atomic E-state index is 13.0. The van der Waals surface area contributed by atoms with Gasteiger partial charge in [-0.3, -0.25) is 4.79 Å². The van der Waals surface area contributed by atoms with E-state index >= 15 is 0 Å². The van der Waals surface area contributed by atoms with Crippen molar-refractivity contribution in [1.82, 2.24) is 9.78 Å². The van der Waals surface area contributed by atoms with Crippen LogP contribution in [0.4, 0.5) is 0 Å². The van der Waals surface area contributed by atoms with Gasteiger partial charge in [-0.1, -0.05) is 26.0 Å². The lowest BCUT2D eigenvalue weighted by Crippen LogP contribution is -2.36. The molecule has 0 saturated carbocycles. The molecule has 2 N–H and O–H groups in total. The van der Waals surface area contributed by atoms with Crippen LogP contribution in [0, 0.1) is 5.92 Å². The topological polar surface area (TPSA) is 104 Å². The highest BCUT2D eigenvalue weighted by Crippen LogP contribution is 2.28.